The highest BCUT2D eigenvalue weighted by Crippen LogP contribution is 2.27. The van der Waals surface area contributed by atoms with Crippen LogP contribution in [0.25, 0.3) is 0 Å². The molecule has 0 fully saturated rings. The molecule has 1 aromatic carbocycles. The van der Waals surface area contributed by atoms with E-state index in [1.54, 1.807) is 7.11 Å². The summed E-state index contributed by atoms with van der Waals surface area (Å²) in [5.74, 6) is 0.746. The van der Waals surface area contributed by atoms with Crippen LogP contribution in [0.2, 0.25) is 0 Å². The van der Waals surface area contributed by atoms with Gasteiger partial charge >= 0.3 is 0 Å². The maximum absolute atomic E-state index is 11.4. The molecule has 0 aliphatic heterocycles. The lowest BCUT2D eigenvalue weighted by atomic mass is 10.2. The lowest BCUT2D eigenvalue weighted by molar-refractivity contribution is -0.122. The van der Waals surface area contributed by atoms with Crippen molar-refractivity contribution < 1.29 is 14.3 Å². The molecular weight excluding hydrogens is 270 g/mol. The molecule has 0 aliphatic carbocycles. The number of rotatable bonds is 9. The van der Waals surface area contributed by atoms with E-state index in [0.717, 1.165) is 25.1 Å². The van der Waals surface area contributed by atoms with Crippen molar-refractivity contribution in [3.8, 4) is 17.6 Å². The minimum atomic E-state index is -0.340. The molecule has 0 bridgehead atoms. The molecule has 114 valence electrons. The number of carbonyl (C=O) groups excluding carboxylic acids is 1. The van der Waals surface area contributed by atoms with Gasteiger partial charge in [-0.1, -0.05) is 13.0 Å². The Morgan fingerprint density at radius 1 is 1.38 bits per heavy atom. The highest BCUT2D eigenvalue weighted by Gasteiger charge is 2.08. The average molecular weight is 291 g/mol. The number of nitrogens with one attached hydrogen (secondary N) is 2. The van der Waals surface area contributed by atoms with Crippen molar-refractivity contribution in [1.29, 1.82) is 5.26 Å². The van der Waals surface area contributed by atoms with Gasteiger partial charge in [0.1, 0.15) is 6.54 Å². The van der Waals surface area contributed by atoms with Gasteiger partial charge in [0.2, 0.25) is 0 Å². The summed E-state index contributed by atoms with van der Waals surface area (Å²) >= 11 is 0. The minimum absolute atomic E-state index is 0.0275. The molecule has 1 amide bonds. The van der Waals surface area contributed by atoms with Gasteiger partial charge in [0.15, 0.2) is 18.1 Å². The number of amides is 1. The molecule has 0 atom stereocenters. The van der Waals surface area contributed by atoms with Gasteiger partial charge in [-0.25, -0.2) is 0 Å². The lowest BCUT2D eigenvalue weighted by Gasteiger charge is -2.12. The zero-order valence-corrected chi connectivity index (χ0v) is 12.4. The third-order valence-electron chi connectivity index (χ3n) is 2.71. The zero-order chi connectivity index (χ0) is 15.5. The second-order valence-corrected chi connectivity index (χ2v) is 4.39. The molecule has 0 aromatic heterocycles. The number of hydrogen-bond donors (Lipinski definition) is 2. The fourth-order valence-electron chi connectivity index (χ4n) is 1.69. The van der Waals surface area contributed by atoms with Crippen molar-refractivity contribution in [1.82, 2.24) is 10.6 Å². The average Bonchev–Trinajstić information content (AvgIpc) is 2.51. The first-order valence-electron chi connectivity index (χ1n) is 6.85. The largest absolute Gasteiger partial charge is 0.493 e. The molecule has 0 spiro atoms. The smallest absolute Gasteiger partial charge is 0.258 e. The van der Waals surface area contributed by atoms with E-state index in [1.807, 2.05) is 24.3 Å². The van der Waals surface area contributed by atoms with Crippen LogP contribution in [0.4, 0.5) is 0 Å². The van der Waals surface area contributed by atoms with E-state index in [4.69, 9.17) is 14.7 Å². The van der Waals surface area contributed by atoms with E-state index in [2.05, 4.69) is 17.6 Å². The number of hydrogen-bond acceptors (Lipinski definition) is 5. The normalized spacial score (nSPS) is 9.76. The summed E-state index contributed by atoms with van der Waals surface area (Å²) in [6, 6.07) is 7.44. The van der Waals surface area contributed by atoms with E-state index < -0.39 is 0 Å². The standard InChI is InChI=1S/C15H21N3O3/c1-3-7-17-10-12-4-5-13(20-2)14(9-12)21-11-15(19)18-8-6-16/h4-5,9,17H,3,7-8,10-11H2,1-2H3,(H,18,19). The number of nitrogens with zero attached hydrogens (tertiary/aromatic N) is 1. The Morgan fingerprint density at radius 2 is 2.19 bits per heavy atom. The molecule has 0 saturated heterocycles. The van der Waals surface area contributed by atoms with E-state index >= 15 is 0 Å². The first-order chi connectivity index (χ1) is 10.2. The van der Waals surface area contributed by atoms with Crippen molar-refractivity contribution >= 4 is 5.91 Å². The Labute approximate surface area is 125 Å². The van der Waals surface area contributed by atoms with Crippen LogP contribution in [0.5, 0.6) is 11.5 Å². The van der Waals surface area contributed by atoms with Gasteiger partial charge in [-0.05, 0) is 30.7 Å². The molecule has 2 N–H and O–H groups in total. The summed E-state index contributed by atoms with van der Waals surface area (Å²) in [7, 11) is 1.55. The first kappa shape index (κ1) is 16.8. The molecule has 1 rings (SSSR count). The lowest BCUT2D eigenvalue weighted by Crippen LogP contribution is -2.29. The van der Waals surface area contributed by atoms with Gasteiger partial charge in [0, 0.05) is 6.54 Å². The van der Waals surface area contributed by atoms with Crippen molar-refractivity contribution in [2.45, 2.75) is 19.9 Å². The summed E-state index contributed by atoms with van der Waals surface area (Å²) in [6.45, 7) is 3.60. The quantitative estimate of drug-likeness (QED) is 0.528. The molecule has 1 aromatic rings. The zero-order valence-electron chi connectivity index (χ0n) is 12.4. The van der Waals surface area contributed by atoms with E-state index in [-0.39, 0.29) is 19.1 Å². The number of benzene rings is 1. The molecule has 0 saturated carbocycles. The van der Waals surface area contributed by atoms with E-state index in [9.17, 15) is 4.79 Å². The van der Waals surface area contributed by atoms with Crippen molar-refractivity contribution in [2.24, 2.45) is 0 Å². The number of nitriles is 1. The predicted octanol–water partition coefficient (Wildman–Crippen LogP) is 1.21. The topological polar surface area (TPSA) is 83.4 Å². The van der Waals surface area contributed by atoms with Gasteiger partial charge in [-0.15, -0.1) is 0 Å². The highest BCUT2D eigenvalue weighted by molar-refractivity contribution is 5.77. The maximum Gasteiger partial charge on any atom is 0.258 e. The molecule has 0 heterocycles. The molecule has 0 aliphatic rings. The number of ether oxygens (including phenoxy) is 2. The van der Waals surface area contributed by atoms with Crippen molar-refractivity contribution in [3.63, 3.8) is 0 Å². The molecule has 6 heteroatoms. The van der Waals surface area contributed by atoms with E-state index in [0.29, 0.717) is 11.5 Å². The summed E-state index contributed by atoms with van der Waals surface area (Å²) in [4.78, 5) is 11.4. The van der Waals surface area contributed by atoms with Crippen LogP contribution >= 0.6 is 0 Å². The van der Waals surface area contributed by atoms with Gasteiger partial charge in [0.25, 0.3) is 5.91 Å². The Bertz CT molecular complexity index is 497. The third kappa shape index (κ3) is 6.15. The number of carbonyl (C=O) groups is 1. The molecule has 0 radical (unpaired) electrons. The van der Waals surface area contributed by atoms with Crippen LogP contribution in [0.15, 0.2) is 18.2 Å². The minimum Gasteiger partial charge on any atom is -0.493 e. The fraction of sp³-hybridized carbons (Fsp3) is 0.467. The second kappa shape index (κ2) is 9.61. The SMILES string of the molecule is CCCNCc1ccc(OC)c(OCC(=O)NCC#N)c1. The van der Waals surface area contributed by atoms with Crippen LogP contribution < -0.4 is 20.1 Å². The summed E-state index contributed by atoms with van der Waals surface area (Å²) in [6.07, 6.45) is 1.07. The monoisotopic (exact) mass is 291 g/mol. The van der Waals surface area contributed by atoms with Crippen LogP contribution in [0, 0.1) is 11.3 Å². The maximum atomic E-state index is 11.4. The Kier molecular flexibility index (Phi) is 7.69. The molecular formula is C15H21N3O3. The van der Waals surface area contributed by atoms with Crippen LogP contribution in [-0.4, -0.2) is 32.7 Å². The van der Waals surface area contributed by atoms with Gasteiger partial charge in [0.05, 0.1) is 13.2 Å². The van der Waals surface area contributed by atoms with Gasteiger partial charge in [-0.3, -0.25) is 4.79 Å². The Morgan fingerprint density at radius 3 is 2.86 bits per heavy atom. The third-order valence-corrected chi connectivity index (χ3v) is 2.71. The van der Waals surface area contributed by atoms with Crippen LogP contribution in [0.3, 0.4) is 0 Å². The predicted molar refractivity (Wildman–Crippen MR) is 79.1 cm³/mol. The summed E-state index contributed by atoms with van der Waals surface area (Å²) in [5, 5.41) is 14.1. The van der Waals surface area contributed by atoms with Crippen molar-refractivity contribution in [3.05, 3.63) is 23.8 Å². The van der Waals surface area contributed by atoms with Crippen LogP contribution in [-0.2, 0) is 11.3 Å². The van der Waals surface area contributed by atoms with Crippen molar-refractivity contribution in [2.75, 3.05) is 26.8 Å². The Balaban J connectivity index is 2.63. The second-order valence-electron chi connectivity index (χ2n) is 4.39. The molecule has 21 heavy (non-hydrogen) atoms. The molecule has 6 nitrogen and oxygen atoms in total. The first-order valence-corrected chi connectivity index (χ1v) is 6.85. The summed E-state index contributed by atoms with van der Waals surface area (Å²) in [5.41, 5.74) is 1.05. The van der Waals surface area contributed by atoms with Gasteiger partial charge in [-0.2, -0.15) is 5.26 Å². The highest BCUT2D eigenvalue weighted by atomic mass is 16.5. The van der Waals surface area contributed by atoms with Gasteiger partial charge < -0.3 is 20.1 Å². The fourth-order valence-corrected chi connectivity index (χ4v) is 1.69. The van der Waals surface area contributed by atoms with E-state index in [1.165, 1.54) is 0 Å². The molecule has 0 unspecified atom stereocenters. The number of methoxy groups -OCH3 is 1. The Hall–Kier alpha value is -2.26. The summed E-state index contributed by atoms with van der Waals surface area (Å²) < 4.78 is 10.7. The van der Waals surface area contributed by atoms with Crippen LogP contribution in [0.1, 0.15) is 18.9 Å².